The quantitative estimate of drug-likeness (QED) is 0.469. The lowest BCUT2D eigenvalue weighted by molar-refractivity contribution is 1.08. The van der Waals surface area contributed by atoms with Crippen LogP contribution in [0, 0.1) is 0 Å². The zero-order valence-electron chi connectivity index (χ0n) is 13.3. The van der Waals surface area contributed by atoms with Gasteiger partial charge in [-0.3, -0.25) is 9.78 Å². The average Bonchev–Trinajstić information content (AvgIpc) is 3.04. The highest BCUT2D eigenvalue weighted by Gasteiger charge is 2.16. The highest BCUT2D eigenvalue weighted by molar-refractivity contribution is 7.18. The van der Waals surface area contributed by atoms with Gasteiger partial charge in [0.15, 0.2) is 4.96 Å². The molecule has 1 aromatic carbocycles. The molecule has 7 heteroatoms. The van der Waals surface area contributed by atoms with E-state index in [9.17, 15) is 4.79 Å². The third-order valence-electron chi connectivity index (χ3n) is 3.77. The third-order valence-corrected chi connectivity index (χ3v) is 5.31. The Bertz CT molecular complexity index is 1170. The van der Waals surface area contributed by atoms with Crippen LogP contribution in [-0.4, -0.2) is 14.4 Å². The summed E-state index contributed by atoms with van der Waals surface area (Å²) < 4.78 is 1.54. The molecule has 0 aliphatic heterocycles. The molecule has 0 radical (unpaired) electrons. The van der Waals surface area contributed by atoms with Crippen molar-refractivity contribution in [3.63, 3.8) is 0 Å². The highest BCUT2D eigenvalue weighted by atomic mass is 35.5. The number of pyridine rings is 1. The normalized spacial score (nSPS) is 11.5. The zero-order valence-corrected chi connectivity index (χ0v) is 15.6. The predicted octanol–water partition coefficient (Wildman–Crippen LogP) is 5.30. The lowest BCUT2D eigenvalue weighted by atomic mass is 10.1. The van der Waals surface area contributed by atoms with Gasteiger partial charge in [0.05, 0.1) is 16.8 Å². The van der Waals surface area contributed by atoms with Crippen LogP contribution in [0.3, 0.4) is 0 Å². The maximum atomic E-state index is 12.6. The summed E-state index contributed by atoms with van der Waals surface area (Å²) in [5.74, 6) is 0. The lowest BCUT2D eigenvalue weighted by Crippen LogP contribution is -2.14. The first kappa shape index (κ1) is 17.0. The molecule has 0 atom stereocenters. The van der Waals surface area contributed by atoms with Gasteiger partial charge in [-0.15, -0.1) is 0 Å². The van der Waals surface area contributed by atoms with E-state index in [-0.39, 0.29) is 10.6 Å². The maximum absolute atomic E-state index is 12.6. The molecule has 3 heterocycles. The summed E-state index contributed by atoms with van der Waals surface area (Å²) in [7, 11) is 0. The molecule has 0 unspecified atom stereocenters. The number of aromatic nitrogens is 3. The van der Waals surface area contributed by atoms with Crippen LogP contribution < -0.4 is 5.56 Å². The van der Waals surface area contributed by atoms with Crippen molar-refractivity contribution in [3.8, 4) is 11.3 Å². The molecule has 0 amide bonds. The van der Waals surface area contributed by atoms with E-state index in [1.807, 2.05) is 36.4 Å². The van der Waals surface area contributed by atoms with E-state index in [0.717, 1.165) is 21.7 Å². The summed E-state index contributed by atoms with van der Waals surface area (Å²) in [6.07, 6.45) is 8.78. The van der Waals surface area contributed by atoms with Crippen LogP contribution in [0.2, 0.25) is 10.0 Å². The van der Waals surface area contributed by atoms with Crippen molar-refractivity contribution >= 4 is 51.7 Å². The summed E-state index contributed by atoms with van der Waals surface area (Å²) in [5, 5.41) is 0.711. The summed E-state index contributed by atoms with van der Waals surface area (Å²) in [6.45, 7) is 0. The molecule has 4 nitrogen and oxygen atoms in total. The largest absolute Gasteiger partial charge is 0.277 e. The van der Waals surface area contributed by atoms with E-state index >= 15 is 0 Å². The monoisotopic (exact) mass is 399 g/mol. The van der Waals surface area contributed by atoms with Gasteiger partial charge in [-0.2, -0.15) is 0 Å². The Morgan fingerprint density at radius 3 is 2.58 bits per heavy atom. The molecular weight excluding hydrogens is 389 g/mol. The fourth-order valence-corrected chi connectivity index (χ4v) is 3.85. The Labute approximate surface area is 163 Å². The molecule has 0 fully saturated rings. The van der Waals surface area contributed by atoms with Crippen LogP contribution >= 0.6 is 34.5 Å². The fraction of sp³-hybridized carbons (Fsp3) is 0. The van der Waals surface area contributed by atoms with Crippen molar-refractivity contribution in [3.05, 3.63) is 85.8 Å². The number of fused-ring (bicyclic) bond motifs is 1. The van der Waals surface area contributed by atoms with Gasteiger partial charge in [-0.05, 0) is 29.8 Å². The van der Waals surface area contributed by atoms with Gasteiger partial charge in [0.25, 0.3) is 5.56 Å². The molecule has 0 aliphatic rings. The van der Waals surface area contributed by atoms with Gasteiger partial charge in [-0.1, -0.05) is 58.8 Å². The average molecular weight is 400 g/mol. The number of rotatable bonds is 3. The lowest BCUT2D eigenvalue weighted by Gasteiger charge is -2.04. The molecule has 128 valence electrons. The van der Waals surface area contributed by atoms with Crippen LogP contribution in [0.15, 0.2) is 59.8 Å². The van der Waals surface area contributed by atoms with Crippen molar-refractivity contribution in [1.82, 2.24) is 14.4 Å². The summed E-state index contributed by atoms with van der Waals surface area (Å²) in [4.78, 5) is 22.5. The van der Waals surface area contributed by atoms with E-state index in [1.165, 1.54) is 17.5 Å². The third kappa shape index (κ3) is 3.17. The Morgan fingerprint density at radius 2 is 1.85 bits per heavy atom. The van der Waals surface area contributed by atoms with Crippen molar-refractivity contribution in [2.75, 3.05) is 0 Å². The summed E-state index contributed by atoms with van der Waals surface area (Å²) in [5.41, 5.74) is 2.27. The molecule has 0 saturated heterocycles. The minimum atomic E-state index is -0.293. The molecule has 4 aromatic rings. The van der Waals surface area contributed by atoms with Crippen LogP contribution in [0.25, 0.3) is 28.4 Å². The SMILES string of the molecule is O=c1c(Cl)cnc2sc(C=Cc3cccnc3)c(-c3ccc(Cl)cc3)n12. The number of hydrogen-bond donors (Lipinski definition) is 0. The summed E-state index contributed by atoms with van der Waals surface area (Å²) >= 11 is 13.4. The Kier molecular flexibility index (Phi) is 4.59. The molecule has 26 heavy (non-hydrogen) atoms. The number of nitrogens with zero attached hydrogens (tertiary/aromatic N) is 3. The Balaban J connectivity index is 1.96. The molecule has 0 spiro atoms. The van der Waals surface area contributed by atoms with Crippen LogP contribution in [0.1, 0.15) is 10.4 Å². The van der Waals surface area contributed by atoms with Gasteiger partial charge in [0.1, 0.15) is 5.02 Å². The first-order chi connectivity index (χ1) is 12.6. The van der Waals surface area contributed by atoms with Crippen LogP contribution in [0.5, 0.6) is 0 Å². The van der Waals surface area contributed by atoms with Gasteiger partial charge in [0, 0.05) is 23.0 Å². The predicted molar refractivity (Wildman–Crippen MR) is 108 cm³/mol. The zero-order chi connectivity index (χ0) is 18.1. The van der Waals surface area contributed by atoms with Crippen LogP contribution in [-0.2, 0) is 0 Å². The van der Waals surface area contributed by atoms with Gasteiger partial charge in [0.2, 0.25) is 0 Å². The topological polar surface area (TPSA) is 47.3 Å². The second-order valence-corrected chi connectivity index (χ2v) is 7.32. The summed E-state index contributed by atoms with van der Waals surface area (Å²) in [6, 6.07) is 11.2. The second kappa shape index (κ2) is 7.03. The van der Waals surface area contributed by atoms with E-state index in [1.54, 1.807) is 28.9 Å². The smallest absolute Gasteiger partial charge is 0.267 e. The molecular formula is C19H11Cl2N3OS. The van der Waals surface area contributed by atoms with Crippen LogP contribution in [0.4, 0.5) is 0 Å². The fourth-order valence-electron chi connectivity index (χ4n) is 2.58. The molecule has 3 aromatic heterocycles. The second-order valence-electron chi connectivity index (χ2n) is 5.47. The van der Waals surface area contributed by atoms with Gasteiger partial charge >= 0.3 is 0 Å². The van der Waals surface area contributed by atoms with Crippen molar-refractivity contribution in [2.24, 2.45) is 0 Å². The minimum Gasteiger partial charge on any atom is -0.267 e. The first-order valence-corrected chi connectivity index (χ1v) is 9.25. The minimum absolute atomic E-state index is 0.0818. The Hall–Kier alpha value is -2.47. The highest BCUT2D eigenvalue weighted by Crippen LogP contribution is 2.32. The molecule has 0 bridgehead atoms. The molecule has 0 aliphatic carbocycles. The van der Waals surface area contributed by atoms with E-state index in [4.69, 9.17) is 23.2 Å². The van der Waals surface area contributed by atoms with Gasteiger partial charge < -0.3 is 0 Å². The van der Waals surface area contributed by atoms with E-state index < -0.39 is 0 Å². The van der Waals surface area contributed by atoms with Crippen molar-refractivity contribution < 1.29 is 0 Å². The molecule has 4 rings (SSSR count). The number of halogens is 2. The standard InChI is InChI=1S/C19H11Cl2N3OS/c20-14-6-4-13(5-7-14)17-16(8-3-12-2-1-9-22-10-12)26-19-23-11-15(21)18(25)24(17)19/h1-11H. The molecule has 0 N–H and O–H groups in total. The molecule has 0 saturated carbocycles. The first-order valence-electron chi connectivity index (χ1n) is 7.67. The van der Waals surface area contributed by atoms with Gasteiger partial charge in [-0.25, -0.2) is 9.38 Å². The Morgan fingerprint density at radius 1 is 1.04 bits per heavy atom. The maximum Gasteiger partial charge on any atom is 0.277 e. The number of benzene rings is 1. The van der Waals surface area contributed by atoms with E-state index in [0.29, 0.717) is 9.98 Å². The van der Waals surface area contributed by atoms with Crippen molar-refractivity contribution in [1.29, 1.82) is 0 Å². The number of hydrogen-bond acceptors (Lipinski definition) is 4. The number of thiazole rings is 1. The van der Waals surface area contributed by atoms with Crippen molar-refractivity contribution in [2.45, 2.75) is 0 Å². The van der Waals surface area contributed by atoms with E-state index in [2.05, 4.69) is 9.97 Å².